The Morgan fingerprint density at radius 1 is 1.13 bits per heavy atom. The number of rotatable bonds is 5. The van der Waals surface area contributed by atoms with Crippen molar-refractivity contribution in [1.29, 1.82) is 0 Å². The third kappa shape index (κ3) is 3.78. The highest BCUT2D eigenvalue weighted by atomic mass is 35.5. The van der Waals surface area contributed by atoms with E-state index in [2.05, 4.69) is 10.3 Å². The summed E-state index contributed by atoms with van der Waals surface area (Å²) in [7, 11) is -4.06. The van der Waals surface area contributed by atoms with Crippen LogP contribution in [0.25, 0.3) is 11.3 Å². The van der Waals surface area contributed by atoms with Crippen LogP contribution in [0.2, 0.25) is 5.02 Å². The molecule has 2 N–H and O–H groups in total. The second-order valence-electron chi connectivity index (χ2n) is 6.40. The number of carbonyl (C=O) groups excluding carboxylic acids is 1. The van der Waals surface area contributed by atoms with E-state index in [1.54, 1.807) is 42.5 Å². The first kappa shape index (κ1) is 20.6. The van der Waals surface area contributed by atoms with Crippen molar-refractivity contribution < 1.29 is 22.5 Å². The topological polar surface area (TPSA) is 130 Å². The highest BCUT2D eigenvalue weighted by molar-refractivity contribution is 7.90. The molecule has 0 amide bonds. The highest BCUT2D eigenvalue weighted by Crippen LogP contribution is 2.32. The van der Waals surface area contributed by atoms with Crippen molar-refractivity contribution in [2.24, 2.45) is 0 Å². The van der Waals surface area contributed by atoms with Crippen molar-refractivity contribution in [1.82, 2.24) is 14.3 Å². The molecule has 0 unspecified atom stereocenters. The molecule has 0 aliphatic carbocycles. The van der Waals surface area contributed by atoms with Gasteiger partial charge in [-0.05, 0) is 25.1 Å². The number of nitrogen functional groups attached to an aromatic ring is 1. The molecule has 0 aliphatic heterocycles. The normalized spacial score (nSPS) is 11.4. The van der Waals surface area contributed by atoms with E-state index < -0.39 is 16.0 Å². The number of ether oxygens (including phenoxy) is 1. The van der Waals surface area contributed by atoms with Crippen molar-refractivity contribution in [3.63, 3.8) is 0 Å². The van der Waals surface area contributed by atoms with Crippen LogP contribution < -0.4 is 10.5 Å². The molecule has 0 aliphatic rings. The summed E-state index contributed by atoms with van der Waals surface area (Å²) in [6, 6.07) is 15.5. The number of nitrogens with zero attached hydrogens (tertiary/aromatic N) is 3. The number of benzene rings is 2. The Kier molecular flexibility index (Phi) is 5.25. The van der Waals surface area contributed by atoms with Crippen LogP contribution in [0.3, 0.4) is 0 Å². The average molecular weight is 459 g/mol. The zero-order valence-electron chi connectivity index (χ0n) is 16.0. The van der Waals surface area contributed by atoms with Gasteiger partial charge in [0, 0.05) is 11.6 Å². The predicted molar refractivity (Wildman–Crippen MR) is 112 cm³/mol. The number of anilines is 1. The van der Waals surface area contributed by atoms with Crippen LogP contribution in [0.1, 0.15) is 16.1 Å². The van der Waals surface area contributed by atoms with Crippen LogP contribution in [-0.2, 0) is 10.0 Å². The summed E-state index contributed by atoms with van der Waals surface area (Å²) >= 11 is 6.20. The van der Waals surface area contributed by atoms with Gasteiger partial charge in [-0.1, -0.05) is 53.2 Å². The summed E-state index contributed by atoms with van der Waals surface area (Å²) in [5.41, 5.74) is 6.51. The summed E-state index contributed by atoms with van der Waals surface area (Å²) in [5, 5.41) is 8.11. The fourth-order valence-corrected chi connectivity index (χ4v) is 4.33. The molecule has 2 aromatic carbocycles. The second-order valence-corrected chi connectivity index (χ2v) is 8.57. The molecular weight excluding hydrogens is 444 g/mol. The van der Waals surface area contributed by atoms with Crippen LogP contribution in [0.5, 0.6) is 5.88 Å². The summed E-state index contributed by atoms with van der Waals surface area (Å²) in [4.78, 5) is 12.8. The lowest BCUT2D eigenvalue weighted by Gasteiger charge is -2.05. The molecule has 2 heterocycles. The Hall–Kier alpha value is -3.63. The molecule has 0 bridgehead atoms. The Balaban J connectivity index is 1.67. The average Bonchev–Trinajstić information content (AvgIpc) is 3.31. The predicted octanol–water partition coefficient (Wildman–Crippen LogP) is 3.54. The Morgan fingerprint density at radius 2 is 1.81 bits per heavy atom. The number of hydrogen-bond donors (Lipinski definition) is 1. The van der Waals surface area contributed by atoms with E-state index in [0.29, 0.717) is 14.7 Å². The third-order valence-corrected chi connectivity index (χ3v) is 6.29. The van der Waals surface area contributed by atoms with E-state index >= 15 is 0 Å². The Labute approximate surface area is 182 Å². The summed E-state index contributed by atoms with van der Waals surface area (Å²) in [5.74, 6) is -1.17. The van der Waals surface area contributed by atoms with E-state index in [0.717, 1.165) is 6.07 Å². The quantitative estimate of drug-likeness (QED) is 0.449. The van der Waals surface area contributed by atoms with Crippen LogP contribution in [-0.4, -0.2) is 28.7 Å². The molecule has 0 spiro atoms. The van der Waals surface area contributed by atoms with Crippen molar-refractivity contribution in [2.45, 2.75) is 11.8 Å². The van der Waals surface area contributed by atoms with Gasteiger partial charge in [0.2, 0.25) is 5.88 Å². The summed E-state index contributed by atoms with van der Waals surface area (Å²) in [6.45, 7) is 1.54. The molecule has 9 nitrogen and oxygen atoms in total. The number of esters is 1. The van der Waals surface area contributed by atoms with Gasteiger partial charge in [0.25, 0.3) is 10.0 Å². The third-order valence-electron chi connectivity index (χ3n) is 4.34. The number of aromatic nitrogens is 3. The minimum absolute atomic E-state index is 0.0152. The number of halogens is 1. The highest BCUT2D eigenvalue weighted by Gasteiger charge is 2.27. The van der Waals surface area contributed by atoms with Crippen molar-refractivity contribution >= 4 is 33.4 Å². The largest absolute Gasteiger partial charge is 0.402 e. The monoisotopic (exact) mass is 458 g/mol. The fourth-order valence-electron chi connectivity index (χ4n) is 2.89. The number of nitrogens with two attached hydrogens (primary N) is 1. The van der Waals surface area contributed by atoms with Gasteiger partial charge in [-0.25, -0.2) is 4.79 Å². The molecule has 0 fully saturated rings. The lowest BCUT2D eigenvalue weighted by molar-refractivity contribution is 0.0726. The zero-order valence-corrected chi connectivity index (χ0v) is 17.6. The van der Waals surface area contributed by atoms with Gasteiger partial charge in [0.05, 0.1) is 9.92 Å². The fraction of sp³-hybridized carbons (Fsp3) is 0.0500. The van der Waals surface area contributed by atoms with E-state index in [1.165, 1.54) is 19.1 Å². The van der Waals surface area contributed by atoms with Gasteiger partial charge in [0.15, 0.2) is 0 Å². The van der Waals surface area contributed by atoms with Gasteiger partial charge in [-0.15, -0.1) is 9.19 Å². The molecule has 11 heteroatoms. The summed E-state index contributed by atoms with van der Waals surface area (Å²) < 4.78 is 36.5. The van der Waals surface area contributed by atoms with Crippen molar-refractivity contribution in [2.75, 3.05) is 5.73 Å². The first-order chi connectivity index (χ1) is 14.8. The molecule has 0 radical (unpaired) electrons. The Bertz CT molecular complexity index is 1380. The maximum Gasteiger partial charge on any atom is 0.350 e. The minimum atomic E-state index is -4.06. The van der Waals surface area contributed by atoms with Crippen molar-refractivity contribution in [3.8, 4) is 17.1 Å². The van der Waals surface area contributed by atoms with Gasteiger partial charge in [-0.2, -0.15) is 8.42 Å². The number of aryl methyl sites for hydroxylation is 1. The standard InChI is InChI=1S/C20H15ClN4O5S/c1-12-18(19(24-30-12)14-9-5-6-10-15(14)21)20(26)29-17-11-16(22)25(23-17)31(27,28)13-7-3-2-4-8-13/h2-11H,22H2,1H3. The van der Waals surface area contributed by atoms with Crippen LogP contribution in [0.4, 0.5) is 5.82 Å². The molecule has 0 saturated carbocycles. The molecule has 0 saturated heterocycles. The second kappa shape index (κ2) is 7.89. The number of hydrogen-bond acceptors (Lipinski definition) is 8. The van der Waals surface area contributed by atoms with Crippen LogP contribution in [0, 0.1) is 6.92 Å². The maximum absolute atomic E-state index is 12.8. The van der Waals surface area contributed by atoms with E-state index in [1.807, 2.05) is 0 Å². The van der Waals surface area contributed by atoms with Gasteiger partial charge in [0.1, 0.15) is 22.8 Å². The SMILES string of the molecule is Cc1onc(-c2ccccc2Cl)c1C(=O)Oc1cc(N)n(S(=O)(=O)c2ccccc2)n1. The smallest absolute Gasteiger partial charge is 0.350 e. The molecule has 4 aromatic rings. The molecule has 2 aromatic heterocycles. The minimum Gasteiger partial charge on any atom is -0.402 e. The van der Waals surface area contributed by atoms with Gasteiger partial charge in [-0.3, -0.25) is 0 Å². The van der Waals surface area contributed by atoms with Crippen molar-refractivity contribution in [3.05, 3.63) is 77.0 Å². The number of carbonyl (C=O) groups is 1. The van der Waals surface area contributed by atoms with E-state index in [-0.39, 0.29) is 33.6 Å². The van der Waals surface area contributed by atoms with Gasteiger partial charge >= 0.3 is 5.97 Å². The first-order valence-electron chi connectivity index (χ1n) is 8.88. The van der Waals surface area contributed by atoms with Gasteiger partial charge < -0.3 is 15.0 Å². The lowest BCUT2D eigenvalue weighted by Crippen LogP contribution is -2.17. The Morgan fingerprint density at radius 3 is 2.52 bits per heavy atom. The molecule has 31 heavy (non-hydrogen) atoms. The van der Waals surface area contributed by atoms with Crippen LogP contribution in [0.15, 0.2) is 70.1 Å². The van der Waals surface area contributed by atoms with E-state index in [4.69, 9.17) is 26.6 Å². The first-order valence-corrected chi connectivity index (χ1v) is 10.7. The molecular formula is C20H15ClN4O5S. The maximum atomic E-state index is 12.8. The van der Waals surface area contributed by atoms with Crippen LogP contribution >= 0.6 is 11.6 Å². The molecule has 0 atom stereocenters. The molecule has 4 rings (SSSR count). The lowest BCUT2D eigenvalue weighted by atomic mass is 10.1. The summed E-state index contributed by atoms with van der Waals surface area (Å²) in [6.07, 6.45) is 0. The zero-order chi connectivity index (χ0) is 22.2. The molecule has 158 valence electrons. The van der Waals surface area contributed by atoms with E-state index in [9.17, 15) is 13.2 Å².